The predicted molar refractivity (Wildman–Crippen MR) is 190 cm³/mol. The highest BCUT2D eigenvalue weighted by Gasteiger charge is 2.57. The molecule has 0 saturated heterocycles. The number of aromatic nitrogens is 3. The summed E-state index contributed by atoms with van der Waals surface area (Å²) < 4.78 is 18.3. The van der Waals surface area contributed by atoms with Crippen LogP contribution in [0.3, 0.4) is 0 Å². The second-order valence-electron chi connectivity index (χ2n) is 17.3. The number of hydrogen-bond donors (Lipinski definition) is 1. The molecule has 4 aliphatic carbocycles. The number of ether oxygens (including phenoxy) is 3. The fourth-order valence-corrected chi connectivity index (χ4v) is 9.25. The van der Waals surface area contributed by atoms with E-state index >= 15 is 0 Å². The van der Waals surface area contributed by atoms with E-state index in [0.717, 1.165) is 25.7 Å². The van der Waals surface area contributed by atoms with Crippen LogP contribution in [-0.4, -0.2) is 56.0 Å². The number of nitrogens with one attached hydrogen (secondary N) is 1. The summed E-state index contributed by atoms with van der Waals surface area (Å²) in [4.78, 5) is 47.9. The second-order valence-corrected chi connectivity index (χ2v) is 17.3. The van der Waals surface area contributed by atoms with Gasteiger partial charge in [0.2, 0.25) is 0 Å². The smallest absolute Gasteiger partial charge is 0.419 e. The summed E-state index contributed by atoms with van der Waals surface area (Å²) in [5.74, 6) is 1.29. The van der Waals surface area contributed by atoms with Gasteiger partial charge in [-0.3, -0.25) is 4.98 Å². The molecule has 2 saturated carbocycles. The van der Waals surface area contributed by atoms with Crippen LogP contribution in [0.15, 0.2) is 54.8 Å². The van der Waals surface area contributed by atoms with E-state index < -0.39 is 35.4 Å². The molecule has 50 heavy (non-hydrogen) atoms. The van der Waals surface area contributed by atoms with Gasteiger partial charge in [-0.15, -0.1) is 0 Å². The lowest BCUT2D eigenvalue weighted by Gasteiger charge is -2.57. The molecule has 0 bridgehead atoms. The molecule has 0 spiro atoms. The molecule has 1 unspecified atom stereocenters. The fourth-order valence-electron chi connectivity index (χ4n) is 9.25. The predicted octanol–water partition coefficient (Wildman–Crippen LogP) is 8.07. The van der Waals surface area contributed by atoms with Crippen molar-refractivity contribution in [2.45, 2.75) is 130 Å². The third-order valence-electron chi connectivity index (χ3n) is 11.5. The summed E-state index contributed by atoms with van der Waals surface area (Å²) in [6.07, 6.45) is 17.0. The highest BCUT2D eigenvalue weighted by Crippen LogP contribution is 2.66. The van der Waals surface area contributed by atoms with Crippen molar-refractivity contribution < 1.29 is 28.6 Å². The Labute approximate surface area is 296 Å². The van der Waals surface area contributed by atoms with Crippen LogP contribution >= 0.6 is 0 Å². The van der Waals surface area contributed by atoms with Crippen LogP contribution in [0.4, 0.5) is 9.59 Å². The van der Waals surface area contributed by atoms with Crippen molar-refractivity contribution in [3.8, 4) is 0 Å². The van der Waals surface area contributed by atoms with Crippen LogP contribution in [0.1, 0.15) is 112 Å². The third kappa shape index (κ3) is 7.40. The number of nitrogens with zero attached hydrogens (tertiary/aromatic N) is 3. The number of carbonyl (C=O) groups is 3. The highest BCUT2D eigenvalue weighted by atomic mass is 16.6. The monoisotopic (exact) mass is 686 g/mol. The number of allylic oxidation sites excluding steroid dienone is 3. The van der Waals surface area contributed by atoms with E-state index in [1.54, 1.807) is 41.5 Å². The second kappa shape index (κ2) is 13.3. The average Bonchev–Trinajstić information content (AvgIpc) is 3.64. The van der Waals surface area contributed by atoms with Crippen LogP contribution in [0.25, 0.3) is 5.57 Å². The first kappa shape index (κ1) is 35.9. The number of rotatable bonds is 6. The van der Waals surface area contributed by atoms with E-state index in [-0.39, 0.29) is 23.4 Å². The Morgan fingerprint density at radius 3 is 2.42 bits per heavy atom. The largest absolute Gasteiger partial charge is 0.461 e. The third-order valence-corrected chi connectivity index (χ3v) is 11.5. The molecule has 0 radical (unpaired) electrons. The Bertz CT molecular complexity index is 1670. The SMILES string of the molecule is CC(C)(C)OC(=O)NC(Cc1cn(C(=O)OC(C)(C)C)cn1)C(=O)O[C@H]1CC[C@@]2(C)C(=CC[C@@H]3[C@@H]2CC[C@]2(C)C(c4cccnc4)=CC[C@@H]32)C1. The standard InChI is InChI=1S/C40H54N4O6/c1-37(2,3)49-35(46)43-33(21-27-23-44(24-42-27)36(47)50-38(4,5)6)34(45)48-28-15-17-39(7)26(20-28)11-12-29-31-14-13-30(25-10-9-19-41-22-25)40(31,8)18-16-32(29)39/h9-11,13,19,22-24,28-29,31-33H,12,14-18,20-21H2,1-8H3,(H,43,46)/t28-,29-,31-,32-,33?,39-,40+/m0/s1. The van der Waals surface area contributed by atoms with E-state index in [4.69, 9.17) is 14.2 Å². The topological polar surface area (TPSA) is 122 Å². The molecule has 0 aliphatic heterocycles. The Morgan fingerprint density at radius 2 is 1.72 bits per heavy atom. The van der Waals surface area contributed by atoms with E-state index in [0.29, 0.717) is 29.9 Å². The van der Waals surface area contributed by atoms with Crippen LogP contribution in [0, 0.1) is 28.6 Å². The van der Waals surface area contributed by atoms with Crippen LogP contribution in [-0.2, 0) is 25.4 Å². The maximum Gasteiger partial charge on any atom is 0.419 e. The molecular weight excluding hydrogens is 632 g/mol. The molecule has 7 atom stereocenters. The van der Waals surface area contributed by atoms with Crippen molar-refractivity contribution in [2.75, 3.05) is 0 Å². The van der Waals surface area contributed by atoms with Gasteiger partial charge in [-0.25, -0.2) is 23.9 Å². The molecular formula is C40H54N4O6. The Kier molecular flexibility index (Phi) is 9.54. The first-order valence-electron chi connectivity index (χ1n) is 18.2. The normalized spacial score (nSPS) is 29.7. The summed E-state index contributed by atoms with van der Waals surface area (Å²) in [6.45, 7) is 15.6. The number of fused-ring (bicyclic) bond motifs is 5. The first-order valence-corrected chi connectivity index (χ1v) is 18.2. The van der Waals surface area contributed by atoms with Crippen molar-refractivity contribution in [2.24, 2.45) is 28.6 Å². The molecule has 2 aromatic rings. The van der Waals surface area contributed by atoms with Crippen molar-refractivity contribution in [3.05, 3.63) is 66.0 Å². The zero-order valence-electron chi connectivity index (χ0n) is 31.0. The quantitative estimate of drug-likeness (QED) is 0.184. The summed E-state index contributed by atoms with van der Waals surface area (Å²) in [5, 5.41) is 2.70. The number of carbonyl (C=O) groups excluding carboxylic acids is 3. The van der Waals surface area contributed by atoms with Gasteiger partial charge in [-0.1, -0.05) is 37.6 Å². The van der Waals surface area contributed by atoms with Crippen molar-refractivity contribution in [3.63, 3.8) is 0 Å². The molecule has 10 heteroatoms. The number of alkyl carbamates (subject to hydrolysis) is 1. The van der Waals surface area contributed by atoms with Gasteiger partial charge in [0.1, 0.15) is 29.7 Å². The highest BCUT2D eigenvalue weighted by molar-refractivity contribution is 5.82. The van der Waals surface area contributed by atoms with Gasteiger partial charge in [0.05, 0.1) is 5.69 Å². The molecule has 1 N–H and O–H groups in total. The van der Waals surface area contributed by atoms with Gasteiger partial charge in [-0.05, 0) is 126 Å². The molecule has 2 fully saturated rings. The summed E-state index contributed by atoms with van der Waals surface area (Å²) in [7, 11) is 0. The number of esters is 1. The number of imidazole rings is 1. The van der Waals surface area contributed by atoms with Crippen LogP contribution < -0.4 is 5.32 Å². The van der Waals surface area contributed by atoms with Crippen molar-refractivity contribution in [1.82, 2.24) is 19.9 Å². The number of hydrogen-bond acceptors (Lipinski definition) is 8. The fraction of sp³-hybridized carbons (Fsp3) is 0.625. The maximum atomic E-state index is 13.8. The van der Waals surface area contributed by atoms with Gasteiger partial charge in [0.15, 0.2) is 0 Å². The lowest BCUT2D eigenvalue weighted by atomic mass is 9.47. The first-order chi connectivity index (χ1) is 23.4. The minimum absolute atomic E-state index is 0.0278. The molecule has 2 aromatic heterocycles. The summed E-state index contributed by atoms with van der Waals surface area (Å²) in [5.41, 5.74) is 3.38. The minimum atomic E-state index is -1.05. The van der Waals surface area contributed by atoms with Gasteiger partial charge in [0, 0.05) is 31.4 Å². The zero-order chi connectivity index (χ0) is 36.1. The lowest BCUT2D eigenvalue weighted by Crippen LogP contribution is -2.50. The van der Waals surface area contributed by atoms with E-state index in [1.807, 2.05) is 18.5 Å². The van der Waals surface area contributed by atoms with Crippen molar-refractivity contribution in [1.29, 1.82) is 0 Å². The zero-order valence-corrected chi connectivity index (χ0v) is 31.0. The lowest BCUT2D eigenvalue weighted by molar-refractivity contribution is -0.154. The van der Waals surface area contributed by atoms with Crippen molar-refractivity contribution >= 4 is 23.7 Å². The molecule has 0 aromatic carbocycles. The van der Waals surface area contributed by atoms with Gasteiger partial charge >= 0.3 is 18.2 Å². The molecule has 1 amide bonds. The summed E-state index contributed by atoms with van der Waals surface area (Å²) in [6, 6.07) is 3.19. The Balaban J connectivity index is 1.13. The number of pyridine rings is 1. The van der Waals surface area contributed by atoms with Gasteiger partial charge in [-0.2, -0.15) is 0 Å². The van der Waals surface area contributed by atoms with Gasteiger partial charge < -0.3 is 19.5 Å². The minimum Gasteiger partial charge on any atom is -0.461 e. The van der Waals surface area contributed by atoms with Gasteiger partial charge in [0.25, 0.3) is 0 Å². The Hall–Kier alpha value is -3.95. The van der Waals surface area contributed by atoms with Crippen LogP contribution in [0.2, 0.25) is 0 Å². The molecule has 6 rings (SSSR count). The molecule has 10 nitrogen and oxygen atoms in total. The van der Waals surface area contributed by atoms with E-state index in [1.165, 1.54) is 46.6 Å². The van der Waals surface area contributed by atoms with E-state index in [9.17, 15) is 14.4 Å². The molecule has 4 aliphatic rings. The van der Waals surface area contributed by atoms with Crippen LogP contribution in [0.5, 0.6) is 0 Å². The number of amides is 1. The Morgan fingerprint density at radius 1 is 0.980 bits per heavy atom. The molecule has 2 heterocycles. The maximum absolute atomic E-state index is 13.8. The summed E-state index contributed by atoms with van der Waals surface area (Å²) >= 11 is 0. The molecule has 270 valence electrons. The van der Waals surface area contributed by atoms with E-state index in [2.05, 4.69) is 47.4 Å². The average molecular weight is 687 g/mol.